The molecule has 0 radical (unpaired) electrons. The van der Waals surface area contributed by atoms with Crippen molar-refractivity contribution in [3.05, 3.63) is 58.9 Å². The summed E-state index contributed by atoms with van der Waals surface area (Å²) in [4.78, 5) is 29.1. The molecule has 1 aromatic carbocycles. The Balaban J connectivity index is 1.70. The first kappa shape index (κ1) is 18.1. The summed E-state index contributed by atoms with van der Waals surface area (Å²) >= 11 is 0. The van der Waals surface area contributed by atoms with E-state index in [1.165, 1.54) is 12.6 Å². The van der Waals surface area contributed by atoms with Crippen LogP contribution in [0.25, 0.3) is 0 Å². The molecule has 2 aromatic rings. The molecule has 0 spiro atoms. The fourth-order valence-electron chi connectivity index (χ4n) is 3.27. The molecule has 0 unspecified atom stereocenters. The number of carbonyl (C=O) groups is 2. The first-order valence-corrected chi connectivity index (χ1v) is 9.18. The zero-order valence-electron chi connectivity index (χ0n) is 15.3. The van der Waals surface area contributed by atoms with Crippen molar-refractivity contribution >= 4 is 17.5 Å². The van der Waals surface area contributed by atoms with Crippen molar-refractivity contribution in [2.75, 3.05) is 5.32 Å². The van der Waals surface area contributed by atoms with Gasteiger partial charge in [0.05, 0.1) is 0 Å². The molecule has 1 aromatic heterocycles. The molecule has 2 N–H and O–H groups in total. The standard InChI is InChI=1S/C21H25N3O2/c1-14-8-9-15(2)18(12-14)24-21(26)19-13-16(10-11-22-19)20(25)23-17-6-4-3-5-7-17/h8-13,17H,3-7H2,1-2H3,(H,23,25)(H,24,26). The monoisotopic (exact) mass is 351 g/mol. The minimum Gasteiger partial charge on any atom is -0.349 e. The highest BCUT2D eigenvalue weighted by Crippen LogP contribution is 2.19. The number of amides is 2. The Morgan fingerprint density at radius 1 is 1.00 bits per heavy atom. The van der Waals surface area contributed by atoms with Gasteiger partial charge in [-0.25, -0.2) is 0 Å². The molecule has 0 atom stereocenters. The summed E-state index contributed by atoms with van der Waals surface area (Å²) in [5.41, 5.74) is 3.52. The predicted molar refractivity (Wildman–Crippen MR) is 102 cm³/mol. The minimum atomic E-state index is -0.314. The molecule has 1 saturated carbocycles. The van der Waals surface area contributed by atoms with E-state index >= 15 is 0 Å². The second-order valence-corrected chi connectivity index (χ2v) is 7.01. The Bertz CT molecular complexity index is 811. The van der Waals surface area contributed by atoms with Gasteiger partial charge < -0.3 is 10.6 Å². The fourth-order valence-corrected chi connectivity index (χ4v) is 3.27. The summed E-state index contributed by atoms with van der Waals surface area (Å²) in [6.07, 6.45) is 7.11. The van der Waals surface area contributed by atoms with Crippen LogP contribution in [-0.2, 0) is 0 Å². The van der Waals surface area contributed by atoms with Crippen LogP contribution in [0.2, 0.25) is 0 Å². The van der Waals surface area contributed by atoms with Gasteiger partial charge in [0.2, 0.25) is 0 Å². The molecule has 136 valence electrons. The minimum absolute atomic E-state index is 0.139. The van der Waals surface area contributed by atoms with Crippen molar-refractivity contribution in [1.29, 1.82) is 0 Å². The first-order valence-electron chi connectivity index (χ1n) is 9.18. The van der Waals surface area contributed by atoms with Gasteiger partial charge in [0, 0.05) is 23.5 Å². The van der Waals surface area contributed by atoms with Crippen LogP contribution < -0.4 is 10.6 Å². The molecule has 26 heavy (non-hydrogen) atoms. The summed E-state index contributed by atoms with van der Waals surface area (Å²) in [6.45, 7) is 3.92. The van der Waals surface area contributed by atoms with Gasteiger partial charge in [0.1, 0.15) is 5.69 Å². The Morgan fingerprint density at radius 2 is 1.77 bits per heavy atom. The maximum absolute atomic E-state index is 12.5. The molecule has 1 fully saturated rings. The number of hydrogen-bond donors (Lipinski definition) is 2. The van der Waals surface area contributed by atoms with E-state index in [4.69, 9.17) is 0 Å². The van der Waals surface area contributed by atoms with E-state index in [9.17, 15) is 9.59 Å². The highest BCUT2D eigenvalue weighted by atomic mass is 16.2. The number of rotatable bonds is 4. The van der Waals surface area contributed by atoms with Gasteiger partial charge in [-0.2, -0.15) is 0 Å². The number of nitrogens with zero attached hydrogens (tertiary/aromatic N) is 1. The van der Waals surface area contributed by atoms with Crippen LogP contribution in [0, 0.1) is 13.8 Å². The lowest BCUT2D eigenvalue weighted by molar-refractivity contribution is 0.0927. The van der Waals surface area contributed by atoms with Gasteiger partial charge in [0.25, 0.3) is 11.8 Å². The highest BCUT2D eigenvalue weighted by Gasteiger charge is 2.18. The number of pyridine rings is 1. The number of benzene rings is 1. The Morgan fingerprint density at radius 3 is 2.54 bits per heavy atom. The second-order valence-electron chi connectivity index (χ2n) is 7.01. The average Bonchev–Trinajstić information content (AvgIpc) is 2.65. The molecule has 0 aliphatic heterocycles. The largest absolute Gasteiger partial charge is 0.349 e. The Kier molecular flexibility index (Phi) is 5.66. The maximum Gasteiger partial charge on any atom is 0.274 e. The van der Waals surface area contributed by atoms with Gasteiger partial charge in [-0.3, -0.25) is 14.6 Å². The highest BCUT2D eigenvalue weighted by molar-refractivity contribution is 6.05. The SMILES string of the molecule is Cc1ccc(C)c(NC(=O)c2cc(C(=O)NC3CCCCC3)ccn2)c1. The average molecular weight is 351 g/mol. The Labute approximate surface area is 154 Å². The topological polar surface area (TPSA) is 71.1 Å². The molecular weight excluding hydrogens is 326 g/mol. The van der Waals surface area contributed by atoms with Crippen molar-refractivity contribution in [2.24, 2.45) is 0 Å². The molecule has 0 saturated heterocycles. The smallest absolute Gasteiger partial charge is 0.274 e. The Hall–Kier alpha value is -2.69. The third kappa shape index (κ3) is 4.48. The van der Waals surface area contributed by atoms with Crippen LogP contribution in [0.1, 0.15) is 64.1 Å². The third-order valence-corrected chi connectivity index (χ3v) is 4.84. The molecule has 0 bridgehead atoms. The van der Waals surface area contributed by atoms with Crippen molar-refractivity contribution < 1.29 is 9.59 Å². The van der Waals surface area contributed by atoms with E-state index in [1.54, 1.807) is 12.1 Å². The predicted octanol–water partition coefficient (Wildman–Crippen LogP) is 4.01. The number of aryl methyl sites for hydroxylation is 2. The van der Waals surface area contributed by atoms with Crippen molar-refractivity contribution in [3.63, 3.8) is 0 Å². The van der Waals surface area contributed by atoms with Crippen molar-refractivity contribution in [3.8, 4) is 0 Å². The van der Waals surface area contributed by atoms with E-state index in [1.807, 2.05) is 32.0 Å². The van der Waals surface area contributed by atoms with Crippen LogP contribution in [0.15, 0.2) is 36.5 Å². The summed E-state index contributed by atoms with van der Waals surface area (Å²) in [6, 6.07) is 9.32. The maximum atomic E-state index is 12.5. The first-order chi connectivity index (χ1) is 12.5. The number of nitrogens with one attached hydrogen (secondary N) is 2. The molecule has 1 heterocycles. The van der Waals surface area contributed by atoms with Gasteiger partial charge in [-0.15, -0.1) is 0 Å². The van der Waals surface area contributed by atoms with E-state index in [0.29, 0.717) is 5.56 Å². The van der Waals surface area contributed by atoms with Crippen LogP contribution in [0.3, 0.4) is 0 Å². The van der Waals surface area contributed by atoms with Crippen LogP contribution in [0.4, 0.5) is 5.69 Å². The van der Waals surface area contributed by atoms with E-state index in [2.05, 4.69) is 15.6 Å². The van der Waals surface area contributed by atoms with Crippen LogP contribution in [-0.4, -0.2) is 22.8 Å². The van der Waals surface area contributed by atoms with E-state index in [0.717, 1.165) is 42.5 Å². The van der Waals surface area contributed by atoms with Gasteiger partial charge in [0.15, 0.2) is 0 Å². The lowest BCUT2D eigenvalue weighted by Gasteiger charge is -2.22. The number of carbonyl (C=O) groups excluding carboxylic acids is 2. The quantitative estimate of drug-likeness (QED) is 0.874. The lowest BCUT2D eigenvalue weighted by atomic mass is 9.95. The summed E-state index contributed by atoms with van der Waals surface area (Å²) in [5, 5.41) is 5.95. The van der Waals surface area contributed by atoms with E-state index < -0.39 is 0 Å². The molecular formula is C21H25N3O2. The molecule has 1 aliphatic carbocycles. The van der Waals surface area contributed by atoms with Crippen LogP contribution in [0.5, 0.6) is 0 Å². The fraction of sp³-hybridized carbons (Fsp3) is 0.381. The number of hydrogen-bond acceptors (Lipinski definition) is 3. The summed E-state index contributed by atoms with van der Waals surface area (Å²) < 4.78 is 0. The number of aromatic nitrogens is 1. The lowest BCUT2D eigenvalue weighted by Crippen LogP contribution is -2.36. The molecule has 5 heteroatoms. The molecule has 1 aliphatic rings. The van der Waals surface area contributed by atoms with E-state index in [-0.39, 0.29) is 23.6 Å². The van der Waals surface area contributed by atoms with Gasteiger partial charge >= 0.3 is 0 Å². The zero-order valence-corrected chi connectivity index (χ0v) is 15.3. The van der Waals surface area contributed by atoms with Crippen molar-refractivity contribution in [1.82, 2.24) is 10.3 Å². The second kappa shape index (κ2) is 8.13. The molecule has 2 amide bonds. The van der Waals surface area contributed by atoms with Crippen molar-refractivity contribution in [2.45, 2.75) is 52.0 Å². The normalized spacial score (nSPS) is 14.7. The summed E-state index contributed by atoms with van der Waals surface area (Å²) in [5.74, 6) is -0.453. The zero-order chi connectivity index (χ0) is 18.5. The molecule has 5 nitrogen and oxygen atoms in total. The summed E-state index contributed by atoms with van der Waals surface area (Å²) in [7, 11) is 0. The molecule has 3 rings (SSSR count). The van der Waals surface area contributed by atoms with Crippen LogP contribution >= 0.6 is 0 Å². The van der Waals surface area contributed by atoms with Gasteiger partial charge in [-0.05, 0) is 56.0 Å². The van der Waals surface area contributed by atoms with Gasteiger partial charge in [-0.1, -0.05) is 31.4 Å². The third-order valence-electron chi connectivity index (χ3n) is 4.84. The number of anilines is 1.